The Balaban J connectivity index is 0.00000338. The number of aliphatic imine (C=N–C) groups is 1. The van der Waals surface area contributed by atoms with E-state index in [4.69, 9.17) is 4.42 Å². The van der Waals surface area contributed by atoms with Crippen LogP contribution in [-0.2, 0) is 13.1 Å². The molecular weight excluding hydrogens is 443 g/mol. The third-order valence-corrected chi connectivity index (χ3v) is 3.50. The van der Waals surface area contributed by atoms with Crippen molar-refractivity contribution in [3.8, 4) is 0 Å². The Bertz CT molecular complexity index is 687. The monoisotopic (exact) mass is 470 g/mol. The van der Waals surface area contributed by atoms with Crippen molar-refractivity contribution < 1.29 is 9.21 Å². The number of carbonyl (C=O) groups is 1. The van der Waals surface area contributed by atoms with Crippen LogP contribution < -0.4 is 16.0 Å². The summed E-state index contributed by atoms with van der Waals surface area (Å²) in [7, 11) is 0. The lowest BCUT2D eigenvalue weighted by Crippen LogP contribution is -2.36. The van der Waals surface area contributed by atoms with Crippen molar-refractivity contribution in [2.45, 2.75) is 33.4 Å². The molecule has 142 valence electrons. The highest BCUT2D eigenvalue weighted by Gasteiger charge is 2.05. The van der Waals surface area contributed by atoms with Crippen molar-refractivity contribution in [3.63, 3.8) is 0 Å². The maximum Gasteiger partial charge on any atom is 0.251 e. The molecule has 7 heteroatoms. The van der Waals surface area contributed by atoms with Gasteiger partial charge in [-0.05, 0) is 43.2 Å². The van der Waals surface area contributed by atoms with Gasteiger partial charge in [-0.1, -0.05) is 19.1 Å². The van der Waals surface area contributed by atoms with Gasteiger partial charge >= 0.3 is 0 Å². The molecule has 1 heterocycles. The van der Waals surface area contributed by atoms with E-state index in [1.165, 1.54) is 0 Å². The van der Waals surface area contributed by atoms with Crippen LogP contribution in [0.1, 0.15) is 41.9 Å². The highest BCUT2D eigenvalue weighted by Crippen LogP contribution is 2.07. The lowest BCUT2D eigenvalue weighted by atomic mass is 10.1. The zero-order valence-electron chi connectivity index (χ0n) is 15.2. The van der Waals surface area contributed by atoms with Crippen molar-refractivity contribution in [2.75, 3.05) is 13.1 Å². The van der Waals surface area contributed by atoms with Gasteiger partial charge in [0, 0.05) is 18.7 Å². The van der Waals surface area contributed by atoms with Crippen LogP contribution in [0.4, 0.5) is 0 Å². The average molecular weight is 470 g/mol. The van der Waals surface area contributed by atoms with Gasteiger partial charge in [-0.25, -0.2) is 4.99 Å². The minimum Gasteiger partial charge on any atom is -0.467 e. The van der Waals surface area contributed by atoms with Crippen molar-refractivity contribution in [1.29, 1.82) is 0 Å². The molecule has 0 saturated carbocycles. The summed E-state index contributed by atoms with van der Waals surface area (Å²) in [6.45, 7) is 6.55. The van der Waals surface area contributed by atoms with Crippen LogP contribution in [0.5, 0.6) is 0 Å². The molecule has 0 fully saturated rings. The highest BCUT2D eigenvalue weighted by atomic mass is 127. The summed E-state index contributed by atoms with van der Waals surface area (Å²) in [5.74, 6) is 1.51. The van der Waals surface area contributed by atoms with E-state index in [1.54, 1.807) is 6.26 Å². The summed E-state index contributed by atoms with van der Waals surface area (Å²) >= 11 is 0. The molecule has 0 radical (unpaired) electrons. The second-order valence-corrected chi connectivity index (χ2v) is 5.58. The van der Waals surface area contributed by atoms with Crippen LogP contribution in [0.15, 0.2) is 52.1 Å². The molecular formula is C19H27IN4O2. The number of rotatable bonds is 8. The van der Waals surface area contributed by atoms with E-state index in [9.17, 15) is 4.79 Å². The van der Waals surface area contributed by atoms with Gasteiger partial charge in [-0.3, -0.25) is 4.79 Å². The smallest absolute Gasteiger partial charge is 0.251 e. The van der Waals surface area contributed by atoms with Crippen LogP contribution in [-0.4, -0.2) is 25.0 Å². The van der Waals surface area contributed by atoms with Gasteiger partial charge in [0.05, 0.1) is 19.4 Å². The Morgan fingerprint density at radius 3 is 2.65 bits per heavy atom. The highest BCUT2D eigenvalue weighted by molar-refractivity contribution is 14.0. The number of nitrogens with zero attached hydrogens (tertiary/aromatic N) is 1. The molecule has 26 heavy (non-hydrogen) atoms. The predicted octanol–water partition coefficient (Wildman–Crippen LogP) is 3.29. The van der Waals surface area contributed by atoms with Crippen LogP contribution in [0, 0.1) is 0 Å². The fourth-order valence-corrected chi connectivity index (χ4v) is 2.25. The first-order valence-corrected chi connectivity index (χ1v) is 8.64. The van der Waals surface area contributed by atoms with E-state index in [2.05, 4.69) is 20.9 Å². The minimum absolute atomic E-state index is 0. The first-order valence-electron chi connectivity index (χ1n) is 8.64. The summed E-state index contributed by atoms with van der Waals surface area (Å²) in [6, 6.07) is 11.3. The Kier molecular flexibility index (Phi) is 10.5. The van der Waals surface area contributed by atoms with Crippen molar-refractivity contribution in [3.05, 3.63) is 59.5 Å². The van der Waals surface area contributed by atoms with E-state index in [0.29, 0.717) is 31.2 Å². The quantitative estimate of drug-likeness (QED) is 0.315. The molecule has 0 atom stereocenters. The molecule has 1 aromatic heterocycles. The molecule has 0 aliphatic heterocycles. The van der Waals surface area contributed by atoms with Crippen molar-refractivity contribution in [1.82, 2.24) is 16.0 Å². The lowest BCUT2D eigenvalue weighted by molar-refractivity contribution is 0.0953. The fourth-order valence-electron chi connectivity index (χ4n) is 2.25. The zero-order valence-corrected chi connectivity index (χ0v) is 17.6. The van der Waals surface area contributed by atoms with E-state index in [1.807, 2.05) is 50.2 Å². The summed E-state index contributed by atoms with van der Waals surface area (Å²) in [4.78, 5) is 16.6. The summed E-state index contributed by atoms with van der Waals surface area (Å²) in [5.41, 5.74) is 1.65. The van der Waals surface area contributed by atoms with E-state index in [0.717, 1.165) is 24.3 Å². The molecule has 0 spiro atoms. The molecule has 0 aliphatic carbocycles. The zero-order chi connectivity index (χ0) is 17.9. The van der Waals surface area contributed by atoms with Gasteiger partial charge in [0.25, 0.3) is 5.91 Å². The number of carbonyl (C=O) groups excluding carboxylic acids is 1. The van der Waals surface area contributed by atoms with Crippen LogP contribution in [0.25, 0.3) is 0 Å². The Morgan fingerprint density at radius 1 is 1.12 bits per heavy atom. The van der Waals surface area contributed by atoms with Crippen molar-refractivity contribution in [2.24, 2.45) is 4.99 Å². The molecule has 1 aromatic carbocycles. The number of hydrogen-bond acceptors (Lipinski definition) is 3. The first-order chi connectivity index (χ1) is 12.2. The number of halogens is 1. The van der Waals surface area contributed by atoms with Gasteiger partial charge in [-0.15, -0.1) is 24.0 Å². The third kappa shape index (κ3) is 7.47. The number of amides is 1. The number of benzene rings is 1. The second-order valence-electron chi connectivity index (χ2n) is 5.58. The largest absolute Gasteiger partial charge is 0.467 e. The number of furan rings is 1. The molecule has 0 saturated heterocycles. The van der Waals surface area contributed by atoms with Crippen molar-refractivity contribution >= 4 is 35.8 Å². The number of nitrogens with one attached hydrogen (secondary N) is 3. The van der Waals surface area contributed by atoms with Crippen LogP contribution in [0.3, 0.4) is 0 Å². The van der Waals surface area contributed by atoms with E-state index >= 15 is 0 Å². The fraction of sp³-hybridized carbons (Fsp3) is 0.368. The number of guanidine groups is 1. The normalized spacial score (nSPS) is 10.8. The molecule has 6 nitrogen and oxygen atoms in total. The average Bonchev–Trinajstić information content (AvgIpc) is 3.16. The molecule has 0 unspecified atom stereocenters. The number of hydrogen-bond donors (Lipinski definition) is 3. The minimum atomic E-state index is -0.0458. The predicted molar refractivity (Wildman–Crippen MR) is 115 cm³/mol. The standard InChI is InChI=1S/C19H26N4O2.HI/c1-3-10-21-18(24)16-8-5-7-15(12-16)13-22-19(20-4-2)23-14-17-9-6-11-25-17;/h5-9,11-12H,3-4,10,13-14H2,1-2H3,(H,21,24)(H2,20,22,23);1H. The van der Waals surface area contributed by atoms with E-state index in [-0.39, 0.29) is 29.9 Å². The lowest BCUT2D eigenvalue weighted by Gasteiger charge is -2.10. The molecule has 1 amide bonds. The Morgan fingerprint density at radius 2 is 1.96 bits per heavy atom. The van der Waals surface area contributed by atoms with Gasteiger partial charge in [0.15, 0.2) is 5.96 Å². The first kappa shape index (κ1) is 22.0. The SMILES string of the molecule is CCCNC(=O)c1cccc(CN=C(NCC)NCc2ccco2)c1.I. The molecule has 3 N–H and O–H groups in total. The maximum absolute atomic E-state index is 12.0. The Labute approximate surface area is 171 Å². The Hall–Kier alpha value is -2.03. The van der Waals surface area contributed by atoms with Gasteiger partial charge in [0.2, 0.25) is 0 Å². The van der Waals surface area contributed by atoms with Gasteiger partial charge < -0.3 is 20.4 Å². The molecule has 2 rings (SSSR count). The summed E-state index contributed by atoms with van der Waals surface area (Å²) in [6.07, 6.45) is 2.57. The molecule has 2 aromatic rings. The summed E-state index contributed by atoms with van der Waals surface area (Å²) < 4.78 is 5.31. The molecule has 0 aliphatic rings. The van der Waals surface area contributed by atoms with E-state index < -0.39 is 0 Å². The van der Waals surface area contributed by atoms with Gasteiger partial charge in [0.1, 0.15) is 5.76 Å². The third-order valence-electron chi connectivity index (χ3n) is 3.50. The molecule has 0 bridgehead atoms. The van der Waals surface area contributed by atoms with Crippen LogP contribution >= 0.6 is 24.0 Å². The maximum atomic E-state index is 12.0. The topological polar surface area (TPSA) is 78.7 Å². The van der Waals surface area contributed by atoms with Crippen LogP contribution in [0.2, 0.25) is 0 Å². The van der Waals surface area contributed by atoms with Gasteiger partial charge in [-0.2, -0.15) is 0 Å². The summed E-state index contributed by atoms with van der Waals surface area (Å²) in [5, 5.41) is 9.31. The second kappa shape index (κ2) is 12.3.